The van der Waals surface area contributed by atoms with Crippen molar-refractivity contribution >= 4 is 17.7 Å². The molecule has 202 valence electrons. The van der Waals surface area contributed by atoms with Gasteiger partial charge < -0.3 is 5.32 Å². The van der Waals surface area contributed by atoms with Crippen LogP contribution in [0.2, 0.25) is 0 Å². The smallest absolute Gasteiger partial charge is 0.273 e. The van der Waals surface area contributed by atoms with Gasteiger partial charge in [-0.05, 0) is 56.5 Å². The van der Waals surface area contributed by atoms with Crippen molar-refractivity contribution in [2.45, 2.75) is 44.0 Å². The van der Waals surface area contributed by atoms with Crippen molar-refractivity contribution in [2.75, 3.05) is 6.54 Å². The molecule has 3 aromatic carbocycles. The number of nitrogens with one attached hydrogen (secondary N) is 1. The van der Waals surface area contributed by atoms with E-state index in [1.807, 2.05) is 63.2 Å². The molecule has 0 atom stereocenters. The summed E-state index contributed by atoms with van der Waals surface area (Å²) in [7, 11) is 0. The standard InChI is InChI=1S/C32H32N6OS/c1-22-14-16-27(17-15-22)38-29(21-40-32-34-23(2)20-24(3)35-32)30(36-37-38)31(39)33-19-18-28(25-10-6-4-7-11-25)26-12-8-5-9-13-26/h4-17,20,28H,18-19,21H2,1-3H3,(H,33,39). The highest BCUT2D eigenvalue weighted by Crippen LogP contribution is 2.28. The molecule has 1 N–H and O–H groups in total. The Bertz CT molecular complexity index is 1510. The zero-order valence-corrected chi connectivity index (χ0v) is 23.7. The Morgan fingerprint density at radius 2 is 1.45 bits per heavy atom. The van der Waals surface area contributed by atoms with Gasteiger partial charge in [0.25, 0.3) is 5.91 Å². The van der Waals surface area contributed by atoms with E-state index in [2.05, 4.69) is 74.1 Å². The van der Waals surface area contributed by atoms with E-state index < -0.39 is 0 Å². The van der Waals surface area contributed by atoms with Crippen LogP contribution in [0.15, 0.2) is 96.2 Å². The first-order valence-corrected chi connectivity index (χ1v) is 14.3. The van der Waals surface area contributed by atoms with Gasteiger partial charge in [0.05, 0.1) is 11.4 Å². The molecule has 0 spiro atoms. The van der Waals surface area contributed by atoms with E-state index in [0.717, 1.165) is 29.1 Å². The van der Waals surface area contributed by atoms with Gasteiger partial charge in [-0.2, -0.15) is 0 Å². The molecule has 8 heteroatoms. The summed E-state index contributed by atoms with van der Waals surface area (Å²) in [5.74, 6) is 0.376. The second kappa shape index (κ2) is 12.7. The minimum absolute atomic E-state index is 0.169. The molecule has 2 aromatic heterocycles. The lowest BCUT2D eigenvalue weighted by molar-refractivity contribution is 0.0947. The van der Waals surface area contributed by atoms with Gasteiger partial charge in [0, 0.05) is 29.6 Å². The SMILES string of the molecule is Cc1ccc(-n2nnc(C(=O)NCCC(c3ccccc3)c3ccccc3)c2CSc2nc(C)cc(C)n2)cc1. The third-order valence-corrected chi connectivity index (χ3v) is 7.54. The summed E-state index contributed by atoms with van der Waals surface area (Å²) >= 11 is 1.47. The summed E-state index contributed by atoms with van der Waals surface area (Å²) < 4.78 is 1.74. The first-order valence-electron chi connectivity index (χ1n) is 13.3. The third-order valence-electron chi connectivity index (χ3n) is 6.68. The van der Waals surface area contributed by atoms with Gasteiger partial charge >= 0.3 is 0 Å². The Morgan fingerprint density at radius 3 is 2.05 bits per heavy atom. The Balaban J connectivity index is 1.36. The highest BCUT2D eigenvalue weighted by molar-refractivity contribution is 7.98. The topological polar surface area (TPSA) is 85.6 Å². The molecule has 5 rings (SSSR count). The zero-order valence-electron chi connectivity index (χ0n) is 22.9. The quantitative estimate of drug-likeness (QED) is 0.165. The zero-order chi connectivity index (χ0) is 27.9. The van der Waals surface area contributed by atoms with Crippen molar-refractivity contribution < 1.29 is 4.79 Å². The molecule has 1 amide bonds. The Kier molecular flexibility index (Phi) is 8.66. The van der Waals surface area contributed by atoms with E-state index >= 15 is 0 Å². The fourth-order valence-electron chi connectivity index (χ4n) is 4.70. The van der Waals surface area contributed by atoms with E-state index in [1.165, 1.54) is 22.9 Å². The van der Waals surface area contributed by atoms with Crippen molar-refractivity contribution in [2.24, 2.45) is 0 Å². The molecule has 0 fully saturated rings. The van der Waals surface area contributed by atoms with E-state index in [-0.39, 0.29) is 11.8 Å². The van der Waals surface area contributed by atoms with Crippen molar-refractivity contribution in [1.82, 2.24) is 30.3 Å². The van der Waals surface area contributed by atoms with Gasteiger partial charge in [-0.3, -0.25) is 4.79 Å². The molecule has 0 aliphatic rings. The normalized spacial score (nSPS) is 11.1. The van der Waals surface area contributed by atoms with Crippen LogP contribution in [0, 0.1) is 20.8 Å². The summed E-state index contributed by atoms with van der Waals surface area (Å²) in [6, 6.07) is 30.7. The maximum Gasteiger partial charge on any atom is 0.273 e. The number of thioether (sulfide) groups is 1. The second-order valence-electron chi connectivity index (χ2n) is 9.77. The number of carbonyl (C=O) groups excluding carboxylic acids is 1. The predicted molar refractivity (Wildman–Crippen MR) is 159 cm³/mol. The summed E-state index contributed by atoms with van der Waals surface area (Å²) in [4.78, 5) is 22.6. The van der Waals surface area contributed by atoms with Crippen LogP contribution in [-0.4, -0.2) is 37.4 Å². The number of aromatic nitrogens is 5. The highest BCUT2D eigenvalue weighted by atomic mass is 32.2. The molecule has 0 radical (unpaired) electrons. The molecule has 0 unspecified atom stereocenters. The summed E-state index contributed by atoms with van der Waals surface area (Å²) in [6.07, 6.45) is 0.756. The minimum atomic E-state index is -0.241. The second-order valence-corrected chi connectivity index (χ2v) is 10.7. The monoisotopic (exact) mass is 548 g/mol. The lowest BCUT2D eigenvalue weighted by Crippen LogP contribution is -2.27. The van der Waals surface area contributed by atoms with Crippen LogP contribution in [0.5, 0.6) is 0 Å². The maximum absolute atomic E-state index is 13.5. The number of amides is 1. The first-order chi connectivity index (χ1) is 19.5. The molecule has 0 bridgehead atoms. The Labute approximate surface area is 239 Å². The fourth-order valence-corrected chi connectivity index (χ4v) is 5.64. The molecule has 5 aromatic rings. The number of benzene rings is 3. The predicted octanol–water partition coefficient (Wildman–Crippen LogP) is 6.23. The van der Waals surface area contributed by atoms with Crippen LogP contribution in [0.3, 0.4) is 0 Å². The lowest BCUT2D eigenvalue weighted by Gasteiger charge is -2.18. The molecule has 40 heavy (non-hydrogen) atoms. The van der Waals surface area contributed by atoms with Crippen molar-refractivity contribution in [3.8, 4) is 5.69 Å². The summed E-state index contributed by atoms with van der Waals surface area (Å²) in [6.45, 7) is 6.44. The molecule has 0 aliphatic carbocycles. The van der Waals surface area contributed by atoms with Crippen LogP contribution >= 0.6 is 11.8 Å². The number of carbonyl (C=O) groups is 1. The first kappa shape index (κ1) is 27.3. The molecule has 0 aliphatic heterocycles. The number of aryl methyl sites for hydroxylation is 3. The summed E-state index contributed by atoms with van der Waals surface area (Å²) in [5.41, 5.74) is 7.27. The third kappa shape index (κ3) is 6.63. The van der Waals surface area contributed by atoms with Crippen LogP contribution in [0.1, 0.15) is 56.6 Å². The van der Waals surface area contributed by atoms with Gasteiger partial charge in [-0.25, -0.2) is 14.6 Å². The lowest BCUT2D eigenvalue weighted by atomic mass is 9.88. The molecular formula is C32H32N6OS. The Hall–Kier alpha value is -4.30. The Morgan fingerprint density at radius 1 is 0.850 bits per heavy atom. The minimum Gasteiger partial charge on any atom is -0.351 e. The number of nitrogens with zero attached hydrogens (tertiary/aromatic N) is 5. The summed E-state index contributed by atoms with van der Waals surface area (Å²) in [5, 5.41) is 12.5. The van der Waals surface area contributed by atoms with Crippen molar-refractivity contribution in [1.29, 1.82) is 0 Å². The van der Waals surface area contributed by atoms with E-state index in [9.17, 15) is 4.79 Å². The molecule has 0 saturated heterocycles. The van der Waals surface area contributed by atoms with Crippen LogP contribution < -0.4 is 5.32 Å². The largest absolute Gasteiger partial charge is 0.351 e. The highest BCUT2D eigenvalue weighted by Gasteiger charge is 2.22. The van der Waals surface area contributed by atoms with Gasteiger partial charge in [0.2, 0.25) is 0 Å². The van der Waals surface area contributed by atoms with Crippen LogP contribution in [-0.2, 0) is 5.75 Å². The molecule has 2 heterocycles. The van der Waals surface area contributed by atoms with E-state index in [4.69, 9.17) is 0 Å². The van der Waals surface area contributed by atoms with Gasteiger partial charge in [0.1, 0.15) is 0 Å². The average Bonchev–Trinajstić information content (AvgIpc) is 3.39. The maximum atomic E-state index is 13.5. The van der Waals surface area contributed by atoms with Crippen LogP contribution in [0.25, 0.3) is 5.69 Å². The van der Waals surface area contributed by atoms with Gasteiger partial charge in [-0.1, -0.05) is 95.3 Å². The van der Waals surface area contributed by atoms with Gasteiger partial charge in [0.15, 0.2) is 10.9 Å². The molecular weight excluding hydrogens is 516 g/mol. The number of rotatable bonds is 10. The van der Waals surface area contributed by atoms with Crippen molar-refractivity contribution in [3.05, 3.63) is 130 Å². The fraction of sp³-hybridized carbons (Fsp3) is 0.219. The average molecular weight is 549 g/mol. The van der Waals surface area contributed by atoms with E-state index in [1.54, 1.807) is 4.68 Å². The van der Waals surface area contributed by atoms with Crippen molar-refractivity contribution in [3.63, 3.8) is 0 Å². The molecule has 0 saturated carbocycles. The van der Waals surface area contributed by atoms with Gasteiger partial charge in [-0.15, -0.1) is 5.10 Å². The number of hydrogen-bond donors (Lipinski definition) is 1. The number of hydrogen-bond acceptors (Lipinski definition) is 6. The van der Waals surface area contributed by atoms with E-state index in [0.29, 0.717) is 28.8 Å². The molecule has 7 nitrogen and oxygen atoms in total. The van der Waals surface area contributed by atoms with Crippen LogP contribution in [0.4, 0.5) is 0 Å².